The van der Waals surface area contributed by atoms with Crippen molar-refractivity contribution >= 4 is 23.2 Å². The number of piperidine rings is 1. The first-order valence-electron chi connectivity index (χ1n) is 9.57. The maximum Gasteiger partial charge on any atom is 0.260 e. The van der Waals surface area contributed by atoms with Gasteiger partial charge in [0, 0.05) is 11.4 Å². The lowest BCUT2D eigenvalue weighted by molar-refractivity contribution is -0.139. The van der Waals surface area contributed by atoms with E-state index in [4.69, 9.17) is 21.1 Å². The number of carbonyl (C=O) groups is 1. The van der Waals surface area contributed by atoms with Gasteiger partial charge in [0.15, 0.2) is 0 Å². The molecule has 27 heavy (non-hydrogen) atoms. The maximum atomic E-state index is 13.3. The molecule has 2 aliphatic heterocycles. The van der Waals surface area contributed by atoms with Crippen molar-refractivity contribution in [3.8, 4) is 0 Å². The molecule has 0 radical (unpaired) electrons. The fourth-order valence-electron chi connectivity index (χ4n) is 3.89. The van der Waals surface area contributed by atoms with Crippen molar-refractivity contribution < 1.29 is 9.21 Å². The molecule has 1 saturated heterocycles. The lowest BCUT2D eigenvalue weighted by Gasteiger charge is -2.33. The number of benzene rings is 1. The molecular formula is C21H24ClN3O2. The van der Waals surface area contributed by atoms with Crippen LogP contribution in [0.15, 0.2) is 52.2 Å². The summed E-state index contributed by atoms with van der Waals surface area (Å²) in [5, 5.41) is 7.03. The van der Waals surface area contributed by atoms with E-state index in [0.717, 1.165) is 43.0 Å². The van der Waals surface area contributed by atoms with Crippen LogP contribution in [-0.2, 0) is 4.79 Å². The number of furan rings is 1. The van der Waals surface area contributed by atoms with Crippen molar-refractivity contribution in [2.75, 3.05) is 13.1 Å². The van der Waals surface area contributed by atoms with E-state index >= 15 is 0 Å². The smallest absolute Gasteiger partial charge is 0.260 e. The summed E-state index contributed by atoms with van der Waals surface area (Å²) in [6.07, 6.45) is 5.83. The number of amides is 1. The summed E-state index contributed by atoms with van der Waals surface area (Å²) in [6, 6.07) is 11.0. The van der Waals surface area contributed by atoms with Crippen molar-refractivity contribution in [3.63, 3.8) is 0 Å². The van der Waals surface area contributed by atoms with Gasteiger partial charge < -0.3 is 4.42 Å². The lowest BCUT2D eigenvalue weighted by atomic mass is 10.0. The highest BCUT2D eigenvalue weighted by Gasteiger charge is 2.38. The van der Waals surface area contributed by atoms with Gasteiger partial charge in [-0.05, 0) is 62.7 Å². The zero-order chi connectivity index (χ0) is 18.8. The Bertz CT molecular complexity index is 810. The van der Waals surface area contributed by atoms with E-state index < -0.39 is 0 Å². The Morgan fingerprint density at radius 2 is 1.93 bits per heavy atom. The fourth-order valence-corrected chi connectivity index (χ4v) is 4.01. The summed E-state index contributed by atoms with van der Waals surface area (Å²) >= 11 is 6.01. The van der Waals surface area contributed by atoms with Gasteiger partial charge in [0.05, 0.1) is 18.0 Å². The summed E-state index contributed by atoms with van der Waals surface area (Å²) in [4.78, 5) is 15.6. The predicted molar refractivity (Wildman–Crippen MR) is 106 cm³/mol. The largest absolute Gasteiger partial charge is 0.467 e. The second-order valence-corrected chi connectivity index (χ2v) is 7.68. The topological polar surface area (TPSA) is 49.1 Å². The molecule has 142 valence electrons. The highest BCUT2D eigenvalue weighted by atomic mass is 35.5. The van der Waals surface area contributed by atoms with E-state index in [9.17, 15) is 4.79 Å². The minimum atomic E-state index is -0.203. The van der Waals surface area contributed by atoms with Crippen LogP contribution in [0, 0.1) is 0 Å². The van der Waals surface area contributed by atoms with Gasteiger partial charge in [-0.15, -0.1) is 0 Å². The normalized spacial score (nSPS) is 21.9. The van der Waals surface area contributed by atoms with Crippen LogP contribution in [0.25, 0.3) is 0 Å². The Kier molecular flexibility index (Phi) is 5.32. The molecule has 1 amide bonds. The van der Waals surface area contributed by atoms with E-state index in [-0.39, 0.29) is 18.0 Å². The monoisotopic (exact) mass is 385 g/mol. The fraction of sp³-hybridized carbons (Fsp3) is 0.429. The minimum Gasteiger partial charge on any atom is -0.467 e. The van der Waals surface area contributed by atoms with Crippen molar-refractivity contribution in [3.05, 3.63) is 59.0 Å². The third-order valence-electron chi connectivity index (χ3n) is 5.48. The van der Waals surface area contributed by atoms with Crippen molar-refractivity contribution in [1.29, 1.82) is 0 Å². The standard InChI is InChI=1S/C21H24ClN3O2/c1-15(24-11-3-2-4-12-24)21(26)25-19(20-6-5-13-27-20)14-18(23-25)16-7-9-17(22)10-8-16/h5-10,13,15,19H,2-4,11-12,14H2,1H3/t15-,19-/m1/s1. The summed E-state index contributed by atoms with van der Waals surface area (Å²) in [5.74, 6) is 0.796. The number of hydrazone groups is 1. The molecule has 1 fully saturated rings. The van der Waals surface area contributed by atoms with Gasteiger partial charge in [0.2, 0.25) is 0 Å². The molecule has 0 spiro atoms. The number of nitrogens with zero attached hydrogens (tertiary/aromatic N) is 3. The van der Waals surface area contributed by atoms with Crippen LogP contribution in [0.3, 0.4) is 0 Å². The van der Waals surface area contributed by atoms with E-state index in [0.29, 0.717) is 11.4 Å². The maximum absolute atomic E-state index is 13.3. The first kappa shape index (κ1) is 18.3. The quantitative estimate of drug-likeness (QED) is 0.779. The molecule has 3 heterocycles. The van der Waals surface area contributed by atoms with Gasteiger partial charge >= 0.3 is 0 Å². The van der Waals surface area contributed by atoms with Gasteiger partial charge in [-0.3, -0.25) is 9.69 Å². The predicted octanol–water partition coefficient (Wildman–Crippen LogP) is 4.49. The summed E-state index contributed by atoms with van der Waals surface area (Å²) < 4.78 is 5.62. The summed E-state index contributed by atoms with van der Waals surface area (Å²) in [6.45, 7) is 3.93. The SMILES string of the molecule is C[C@H](C(=O)N1N=C(c2ccc(Cl)cc2)C[C@@H]1c1ccco1)N1CCCCC1. The minimum absolute atomic E-state index is 0.0299. The van der Waals surface area contributed by atoms with Gasteiger partial charge in [-0.1, -0.05) is 30.2 Å². The van der Waals surface area contributed by atoms with E-state index in [1.165, 1.54) is 6.42 Å². The van der Waals surface area contributed by atoms with Crippen LogP contribution in [0.5, 0.6) is 0 Å². The third kappa shape index (κ3) is 3.80. The van der Waals surface area contributed by atoms with Gasteiger partial charge in [-0.2, -0.15) is 5.10 Å². The molecule has 2 aliphatic rings. The molecule has 2 aromatic rings. The lowest BCUT2D eigenvalue weighted by Crippen LogP contribution is -2.47. The molecule has 1 aromatic carbocycles. The number of likely N-dealkylation sites (tertiary alicyclic amines) is 1. The molecular weight excluding hydrogens is 362 g/mol. The molecule has 2 atom stereocenters. The Labute approximate surface area is 164 Å². The molecule has 0 aliphatic carbocycles. The number of carbonyl (C=O) groups excluding carboxylic acids is 1. The second kappa shape index (κ2) is 7.87. The van der Waals surface area contributed by atoms with Crippen molar-refractivity contribution in [1.82, 2.24) is 9.91 Å². The zero-order valence-corrected chi connectivity index (χ0v) is 16.2. The van der Waals surface area contributed by atoms with Crippen LogP contribution in [0.1, 0.15) is 50.0 Å². The summed E-state index contributed by atoms with van der Waals surface area (Å²) in [5.41, 5.74) is 1.86. The Hall–Kier alpha value is -2.11. The molecule has 4 rings (SSSR count). The average Bonchev–Trinajstić information content (AvgIpc) is 3.38. The number of halogens is 1. The Morgan fingerprint density at radius 1 is 1.19 bits per heavy atom. The number of hydrogen-bond acceptors (Lipinski definition) is 4. The Morgan fingerprint density at radius 3 is 2.59 bits per heavy atom. The molecule has 5 nitrogen and oxygen atoms in total. The Balaban J connectivity index is 1.61. The number of rotatable bonds is 4. The average molecular weight is 386 g/mol. The molecule has 0 N–H and O–H groups in total. The second-order valence-electron chi connectivity index (χ2n) is 7.24. The first-order chi connectivity index (χ1) is 13.1. The van der Waals surface area contributed by atoms with Gasteiger partial charge in [-0.25, -0.2) is 5.01 Å². The number of hydrogen-bond donors (Lipinski definition) is 0. The van der Waals surface area contributed by atoms with Crippen LogP contribution in [0.4, 0.5) is 0 Å². The highest BCUT2D eigenvalue weighted by Crippen LogP contribution is 2.34. The molecule has 6 heteroatoms. The van der Waals surface area contributed by atoms with E-state index in [2.05, 4.69) is 4.90 Å². The van der Waals surface area contributed by atoms with Crippen molar-refractivity contribution in [2.24, 2.45) is 5.10 Å². The van der Waals surface area contributed by atoms with Gasteiger partial charge in [0.25, 0.3) is 5.91 Å². The molecule has 1 aromatic heterocycles. The van der Waals surface area contributed by atoms with Crippen LogP contribution < -0.4 is 0 Å². The zero-order valence-electron chi connectivity index (χ0n) is 15.5. The van der Waals surface area contributed by atoms with E-state index in [1.54, 1.807) is 11.3 Å². The molecule has 0 unspecified atom stereocenters. The van der Waals surface area contributed by atoms with E-state index in [1.807, 2.05) is 43.3 Å². The highest BCUT2D eigenvalue weighted by molar-refractivity contribution is 6.30. The molecule has 0 saturated carbocycles. The van der Waals surface area contributed by atoms with Gasteiger partial charge in [0.1, 0.15) is 11.8 Å². The molecule has 0 bridgehead atoms. The van der Waals surface area contributed by atoms with Crippen LogP contribution >= 0.6 is 11.6 Å². The van der Waals surface area contributed by atoms with Crippen molar-refractivity contribution in [2.45, 2.75) is 44.7 Å². The summed E-state index contributed by atoms with van der Waals surface area (Å²) in [7, 11) is 0. The first-order valence-corrected chi connectivity index (χ1v) is 9.95. The third-order valence-corrected chi connectivity index (χ3v) is 5.73. The van der Waals surface area contributed by atoms with Crippen LogP contribution in [-0.4, -0.2) is 40.7 Å². The van der Waals surface area contributed by atoms with Crippen LogP contribution in [0.2, 0.25) is 5.02 Å².